The molecule has 2 aromatic rings. The van der Waals surface area contributed by atoms with Gasteiger partial charge in [-0.2, -0.15) is 0 Å². The molecule has 0 aliphatic rings. The minimum Gasteiger partial charge on any atom is -0.408 e. The lowest BCUT2D eigenvalue weighted by molar-refractivity contribution is -0.116. The molecule has 3 N–H and O–H groups in total. The monoisotopic (exact) mass is 271 g/mol. The van der Waals surface area contributed by atoms with E-state index in [4.69, 9.17) is 4.42 Å². The lowest BCUT2D eigenvalue weighted by Gasteiger charge is -2.04. The average molecular weight is 272 g/mol. The summed E-state index contributed by atoms with van der Waals surface area (Å²) < 4.78 is 4.86. The molecule has 0 aliphatic heterocycles. The molecule has 1 amide bonds. The molecule has 0 unspecified atom stereocenters. The van der Waals surface area contributed by atoms with Crippen LogP contribution in [0.4, 0.5) is 5.69 Å². The fourth-order valence-corrected chi connectivity index (χ4v) is 1.49. The highest BCUT2D eigenvalue weighted by Gasteiger charge is 2.04. The molecule has 0 atom stereocenters. The number of benzene rings is 1. The van der Waals surface area contributed by atoms with Gasteiger partial charge in [-0.05, 0) is 25.2 Å². The van der Waals surface area contributed by atoms with Crippen LogP contribution in [0.3, 0.4) is 0 Å². The Kier molecular flexibility index (Phi) is 4.94. The van der Waals surface area contributed by atoms with Gasteiger partial charge in [-0.1, -0.05) is 0 Å². The quantitative estimate of drug-likeness (QED) is 0.777. The molecule has 0 aliphatic carbocycles. The van der Waals surface area contributed by atoms with E-state index < -0.39 is 5.76 Å². The number of H-pyrrole nitrogens is 1. The van der Waals surface area contributed by atoms with E-state index in [9.17, 15) is 9.59 Å². The highest BCUT2D eigenvalue weighted by Crippen LogP contribution is 2.16. The highest BCUT2D eigenvalue weighted by molar-refractivity contribution is 5.92. The topological polar surface area (TPSA) is 87.1 Å². The number of hydrogen-bond donors (Lipinski definition) is 3. The molecule has 0 bridgehead atoms. The van der Waals surface area contributed by atoms with E-state index >= 15 is 0 Å². The SMILES string of the molecule is CNCCC(=O)Nc1ccc2oc(=O)[nH]c2c1.Cl. The number of aromatic nitrogens is 1. The Labute approximate surface area is 109 Å². The zero-order valence-corrected chi connectivity index (χ0v) is 10.6. The average Bonchev–Trinajstić information content (AvgIpc) is 2.65. The Bertz CT molecular complexity index is 590. The molecule has 0 fully saturated rings. The maximum absolute atomic E-state index is 11.5. The first-order valence-electron chi connectivity index (χ1n) is 5.26. The summed E-state index contributed by atoms with van der Waals surface area (Å²) >= 11 is 0. The third kappa shape index (κ3) is 3.35. The van der Waals surface area contributed by atoms with Gasteiger partial charge in [0.2, 0.25) is 5.91 Å². The number of rotatable bonds is 4. The number of amides is 1. The second kappa shape index (κ2) is 6.23. The van der Waals surface area contributed by atoms with E-state index in [0.29, 0.717) is 29.8 Å². The van der Waals surface area contributed by atoms with Crippen molar-refractivity contribution in [3.05, 3.63) is 28.7 Å². The zero-order chi connectivity index (χ0) is 12.3. The van der Waals surface area contributed by atoms with Gasteiger partial charge in [0, 0.05) is 18.7 Å². The first-order chi connectivity index (χ1) is 8.19. The normalized spacial score (nSPS) is 10.1. The van der Waals surface area contributed by atoms with Gasteiger partial charge in [0.15, 0.2) is 5.58 Å². The summed E-state index contributed by atoms with van der Waals surface area (Å²) in [5.41, 5.74) is 1.68. The molecule has 1 aromatic heterocycles. The number of hydrogen-bond acceptors (Lipinski definition) is 4. The minimum absolute atomic E-state index is 0. The number of fused-ring (bicyclic) bond motifs is 1. The summed E-state index contributed by atoms with van der Waals surface area (Å²) in [5, 5.41) is 5.63. The van der Waals surface area contributed by atoms with Crippen LogP contribution in [0.2, 0.25) is 0 Å². The van der Waals surface area contributed by atoms with E-state index in [0.717, 1.165) is 0 Å². The number of halogens is 1. The van der Waals surface area contributed by atoms with E-state index in [-0.39, 0.29) is 18.3 Å². The van der Waals surface area contributed by atoms with Crippen LogP contribution in [-0.4, -0.2) is 24.5 Å². The van der Waals surface area contributed by atoms with Crippen molar-refractivity contribution in [1.29, 1.82) is 0 Å². The van der Waals surface area contributed by atoms with Crippen LogP contribution in [0.5, 0.6) is 0 Å². The van der Waals surface area contributed by atoms with Crippen LogP contribution in [0.25, 0.3) is 11.1 Å². The molecule has 0 radical (unpaired) electrons. The second-order valence-corrected chi connectivity index (χ2v) is 3.63. The van der Waals surface area contributed by atoms with Gasteiger partial charge in [0.05, 0.1) is 5.52 Å². The number of nitrogens with one attached hydrogen (secondary N) is 3. The van der Waals surface area contributed by atoms with E-state index in [2.05, 4.69) is 15.6 Å². The van der Waals surface area contributed by atoms with E-state index in [1.54, 1.807) is 25.2 Å². The van der Waals surface area contributed by atoms with Gasteiger partial charge in [-0.3, -0.25) is 9.78 Å². The predicted octanol–water partition coefficient (Wildman–Crippen LogP) is 1.09. The van der Waals surface area contributed by atoms with Crippen LogP contribution >= 0.6 is 12.4 Å². The predicted molar refractivity (Wildman–Crippen MR) is 71.3 cm³/mol. The Morgan fingerprint density at radius 1 is 1.44 bits per heavy atom. The Balaban J connectivity index is 0.00000162. The number of anilines is 1. The van der Waals surface area contributed by atoms with Crippen molar-refractivity contribution in [1.82, 2.24) is 10.3 Å². The van der Waals surface area contributed by atoms with Crippen LogP contribution in [0.15, 0.2) is 27.4 Å². The van der Waals surface area contributed by atoms with Crippen molar-refractivity contribution in [2.75, 3.05) is 18.9 Å². The Hall–Kier alpha value is -1.79. The number of carbonyl (C=O) groups excluding carboxylic acids is 1. The molecule has 1 aromatic carbocycles. The fraction of sp³-hybridized carbons (Fsp3) is 0.273. The van der Waals surface area contributed by atoms with Gasteiger partial charge in [-0.15, -0.1) is 12.4 Å². The van der Waals surface area contributed by atoms with Crippen LogP contribution in [0.1, 0.15) is 6.42 Å². The first kappa shape index (κ1) is 14.3. The molecular formula is C11H14ClN3O3. The lowest BCUT2D eigenvalue weighted by atomic mass is 10.2. The summed E-state index contributed by atoms with van der Waals surface area (Å²) in [6.45, 7) is 0.622. The van der Waals surface area contributed by atoms with Gasteiger partial charge < -0.3 is 15.1 Å². The van der Waals surface area contributed by atoms with Crippen LogP contribution in [0, 0.1) is 0 Å². The maximum Gasteiger partial charge on any atom is 0.417 e. The largest absolute Gasteiger partial charge is 0.417 e. The third-order valence-corrected chi connectivity index (χ3v) is 2.30. The summed E-state index contributed by atoms with van der Waals surface area (Å²) in [6, 6.07) is 4.99. The lowest BCUT2D eigenvalue weighted by Crippen LogP contribution is -2.18. The molecule has 0 saturated carbocycles. The summed E-state index contributed by atoms with van der Waals surface area (Å²) in [6.07, 6.45) is 0.399. The summed E-state index contributed by atoms with van der Waals surface area (Å²) in [4.78, 5) is 24.9. The van der Waals surface area contributed by atoms with Crippen molar-refractivity contribution in [3.8, 4) is 0 Å². The van der Waals surface area contributed by atoms with Crippen molar-refractivity contribution >= 4 is 35.1 Å². The highest BCUT2D eigenvalue weighted by atomic mass is 35.5. The van der Waals surface area contributed by atoms with Crippen molar-refractivity contribution < 1.29 is 9.21 Å². The molecule has 0 saturated heterocycles. The fourth-order valence-electron chi connectivity index (χ4n) is 1.49. The third-order valence-electron chi connectivity index (χ3n) is 2.30. The van der Waals surface area contributed by atoms with Gasteiger partial charge in [-0.25, -0.2) is 4.79 Å². The maximum atomic E-state index is 11.5. The van der Waals surface area contributed by atoms with Crippen LogP contribution in [-0.2, 0) is 4.79 Å². The van der Waals surface area contributed by atoms with E-state index in [1.165, 1.54) is 0 Å². The molecule has 6 nitrogen and oxygen atoms in total. The van der Waals surface area contributed by atoms with Crippen LogP contribution < -0.4 is 16.4 Å². The number of aromatic amines is 1. The number of carbonyl (C=O) groups is 1. The van der Waals surface area contributed by atoms with Gasteiger partial charge in [0.1, 0.15) is 0 Å². The smallest absolute Gasteiger partial charge is 0.408 e. The molecule has 1 heterocycles. The molecule has 0 spiro atoms. The van der Waals surface area contributed by atoms with Gasteiger partial charge >= 0.3 is 5.76 Å². The summed E-state index contributed by atoms with van der Waals surface area (Å²) in [5.74, 6) is -0.580. The van der Waals surface area contributed by atoms with Crippen molar-refractivity contribution in [2.45, 2.75) is 6.42 Å². The van der Waals surface area contributed by atoms with Crippen molar-refractivity contribution in [2.24, 2.45) is 0 Å². The molecule has 98 valence electrons. The zero-order valence-electron chi connectivity index (χ0n) is 9.78. The van der Waals surface area contributed by atoms with Crippen molar-refractivity contribution in [3.63, 3.8) is 0 Å². The molecular weight excluding hydrogens is 258 g/mol. The molecule has 7 heteroatoms. The first-order valence-corrected chi connectivity index (χ1v) is 5.26. The Morgan fingerprint density at radius 2 is 2.22 bits per heavy atom. The van der Waals surface area contributed by atoms with E-state index in [1.807, 2.05) is 0 Å². The minimum atomic E-state index is -0.501. The summed E-state index contributed by atoms with van der Waals surface area (Å²) in [7, 11) is 1.79. The second-order valence-electron chi connectivity index (χ2n) is 3.63. The van der Waals surface area contributed by atoms with Gasteiger partial charge in [0.25, 0.3) is 0 Å². The number of oxazole rings is 1. The molecule has 2 rings (SSSR count). The molecule has 18 heavy (non-hydrogen) atoms. The standard InChI is InChI=1S/C11H13N3O3.ClH/c1-12-5-4-10(15)13-7-2-3-9-8(6-7)14-11(16)17-9;/h2-3,6,12H,4-5H2,1H3,(H,13,15)(H,14,16);1H. The Morgan fingerprint density at radius 3 is 2.94 bits per heavy atom.